The van der Waals surface area contributed by atoms with E-state index in [1.165, 1.54) is 18.4 Å². The first-order valence-corrected chi connectivity index (χ1v) is 5.02. The minimum absolute atomic E-state index is 0.320. The number of esters is 1. The summed E-state index contributed by atoms with van der Waals surface area (Å²) in [7, 11) is 1.36. The summed E-state index contributed by atoms with van der Waals surface area (Å²) in [6.45, 7) is 3.76. The second-order valence-corrected chi connectivity index (χ2v) is 3.58. The van der Waals surface area contributed by atoms with Crippen molar-refractivity contribution in [2.45, 2.75) is 0 Å². The molecule has 0 N–H and O–H groups in total. The number of ether oxygens (including phenoxy) is 1. The molecule has 4 heteroatoms. The topological polar surface area (TPSA) is 26.3 Å². The van der Waals surface area contributed by atoms with Gasteiger partial charge in [-0.25, -0.2) is 4.79 Å². The van der Waals surface area contributed by atoms with Crippen molar-refractivity contribution in [3.8, 4) is 0 Å². The van der Waals surface area contributed by atoms with E-state index in [0.717, 1.165) is 11.1 Å². The highest BCUT2D eigenvalue weighted by molar-refractivity contribution is 7.12. The van der Waals surface area contributed by atoms with Gasteiger partial charge in [-0.15, -0.1) is 22.9 Å². The lowest BCUT2D eigenvalue weighted by Gasteiger charge is -2.01. The summed E-state index contributed by atoms with van der Waals surface area (Å²) in [6, 6.07) is 1.82. The number of hydrogen-bond donors (Lipinski definition) is 0. The Labute approximate surface area is 85.8 Å². The molecule has 1 heterocycles. The zero-order valence-electron chi connectivity index (χ0n) is 7.17. The van der Waals surface area contributed by atoms with Crippen LogP contribution in [0.2, 0.25) is 0 Å². The summed E-state index contributed by atoms with van der Waals surface area (Å²) in [5.74, 6) is -0.0166. The SMILES string of the molecule is C=C(CCl)c1ccsc1C(=O)OC. The van der Waals surface area contributed by atoms with Crippen LogP contribution in [0.1, 0.15) is 15.2 Å². The van der Waals surface area contributed by atoms with Crippen LogP contribution < -0.4 is 0 Å². The fourth-order valence-corrected chi connectivity index (χ4v) is 1.91. The van der Waals surface area contributed by atoms with Gasteiger partial charge in [-0.1, -0.05) is 6.58 Å². The highest BCUT2D eigenvalue weighted by Gasteiger charge is 2.14. The van der Waals surface area contributed by atoms with Crippen LogP contribution in [-0.2, 0) is 4.74 Å². The van der Waals surface area contributed by atoms with Crippen molar-refractivity contribution in [2.75, 3.05) is 13.0 Å². The minimum Gasteiger partial charge on any atom is -0.465 e. The quantitative estimate of drug-likeness (QED) is 0.574. The Hall–Kier alpha value is -0.800. The predicted molar refractivity (Wildman–Crippen MR) is 55.4 cm³/mol. The molecule has 0 aromatic carbocycles. The number of thiophene rings is 1. The van der Waals surface area contributed by atoms with Crippen LogP contribution in [0, 0.1) is 0 Å². The van der Waals surface area contributed by atoms with Gasteiger partial charge in [0.15, 0.2) is 0 Å². The van der Waals surface area contributed by atoms with Gasteiger partial charge in [0.2, 0.25) is 0 Å². The third-order valence-corrected chi connectivity index (χ3v) is 2.80. The Morgan fingerprint density at radius 3 is 3.00 bits per heavy atom. The van der Waals surface area contributed by atoms with Gasteiger partial charge < -0.3 is 4.74 Å². The molecule has 1 aromatic heterocycles. The first kappa shape index (κ1) is 10.3. The normalized spacial score (nSPS) is 9.69. The number of allylic oxidation sites excluding steroid dienone is 1. The summed E-state index contributed by atoms with van der Waals surface area (Å²) < 4.78 is 4.62. The Morgan fingerprint density at radius 2 is 2.46 bits per heavy atom. The minimum atomic E-state index is -0.337. The molecule has 0 aliphatic heterocycles. The van der Waals surface area contributed by atoms with E-state index in [9.17, 15) is 4.79 Å². The zero-order valence-corrected chi connectivity index (χ0v) is 8.74. The van der Waals surface area contributed by atoms with Crippen molar-refractivity contribution < 1.29 is 9.53 Å². The average molecular weight is 217 g/mol. The highest BCUT2D eigenvalue weighted by atomic mass is 35.5. The molecule has 1 aromatic rings. The Bertz CT molecular complexity index is 300. The van der Waals surface area contributed by atoms with Crippen molar-refractivity contribution in [1.82, 2.24) is 0 Å². The monoisotopic (exact) mass is 216 g/mol. The fourth-order valence-electron chi connectivity index (χ4n) is 0.910. The summed E-state index contributed by atoms with van der Waals surface area (Å²) in [6.07, 6.45) is 0. The standard InChI is InChI=1S/C9H9ClO2S/c1-6(5-10)7-3-4-13-8(7)9(11)12-2/h3-4H,1,5H2,2H3. The number of carbonyl (C=O) groups is 1. The predicted octanol–water partition coefficient (Wildman–Crippen LogP) is 2.79. The molecular weight excluding hydrogens is 208 g/mol. The molecule has 0 saturated carbocycles. The number of methoxy groups -OCH3 is 1. The Morgan fingerprint density at radius 1 is 1.77 bits per heavy atom. The molecule has 70 valence electrons. The van der Waals surface area contributed by atoms with Crippen molar-refractivity contribution in [1.29, 1.82) is 0 Å². The van der Waals surface area contributed by atoms with Gasteiger partial charge >= 0.3 is 5.97 Å². The number of halogens is 1. The number of rotatable bonds is 3. The molecule has 1 rings (SSSR count). The van der Waals surface area contributed by atoms with E-state index >= 15 is 0 Å². The summed E-state index contributed by atoms with van der Waals surface area (Å²) in [5, 5.41) is 1.82. The Balaban J connectivity index is 3.02. The van der Waals surface area contributed by atoms with E-state index in [4.69, 9.17) is 11.6 Å². The molecule has 0 aliphatic rings. The van der Waals surface area contributed by atoms with Crippen LogP contribution in [0.15, 0.2) is 18.0 Å². The van der Waals surface area contributed by atoms with Gasteiger partial charge in [0.05, 0.1) is 7.11 Å². The molecule has 0 bridgehead atoms. The number of hydrogen-bond acceptors (Lipinski definition) is 3. The summed E-state index contributed by atoms with van der Waals surface area (Å²) in [5.41, 5.74) is 1.52. The van der Waals surface area contributed by atoms with Crippen LogP contribution in [0.25, 0.3) is 5.57 Å². The van der Waals surface area contributed by atoms with E-state index in [1.807, 2.05) is 11.4 Å². The number of carbonyl (C=O) groups excluding carboxylic acids is 1. The Kier molecular flexibility index (Phi) is 3.51. The van der Waals surface area contributed by atoms with Crippen molar-refractivity contribution in [2.24, 2.45) is 0 Å². The molecule has 0 atom stereocenters. The molecule has 0 unspecified atom stereocenters. The molecule has 0 spiro atoms. The van der Waals surface area contributed by atoms with E-state index in [2.05, 4.69) is 11.3 Å². The maximum Gasteiger partial charge on any atom is 0.348 e. The molecular formula is C9H9ClO2S. The highest BCUT2D eigenvalue weighted by Crippen LogP contribution is 2.24. The largest absolute Gasteiger partial charge is 0.465 e. The van der Waals surface area contributed by atoms with Crippen LogP contribution in [0.4, 0.5) is 0 Å². The lowest BCUT2D eigenvalue weighted by atomic mass is 10.1. The maximum absolute atomic E-state index is 11.2. The van der Waals surface area contributed by atoms with Crippen LogP contribution in [-0.4, -0.2) is 19.0 Å². The second-order valence-electron chi connectivity index (χ2n) is 2.39. The van der Waals surface area contributed by atoms with E-state index in [0.29, 0.717) is 10.8 Å². The summed E-state index contributed by atoms with van der Waals surface area (Å²) >= 11 is 6.95. The smallest absolute Gasteiger partial charge is 0.348 e. The van der Waals surface area contributed by atoms with Gasteiger partial charge in [0, 0.05) is 11.4 Å². The molecule has 0 amide bonds. The average Bonchev–Trinajstić information content (AvgIpc) is 2.63. The zero-order chi connectivity index (χ0) is 9.84. The molecule has 0 saturated heterocycles. The molecule has 2 nitrogen and oxygen atoms in total. The van der Waals surface area contributed by atoms with Gasteiger partial charge in [-0.05, 0) is 17.0 Å². The molecule has 0 aliphatic carbocycles. The van der Waals surface area contributed by atoms with Gasteiger partial charge in [0.25, 0.3) is 0 Å². The second kappa shape index (κ2) is 4.44. The van der Waals surface area contributed by atoms with E-state index < -0.39 is 0 Å². The van der Waals surface area contributed by atoms with Gasteiger partial charge in [0.1, 0.15) is 4.88 Å². The third-order valence-electron chi connectivity index (χ3n) is 1.58. The van der Waals surface area contributed by atoms with Gasteiger partial charge in [-0.3, -0.25) is 0 Å². The number of alkyl halides is 1. The van der Waals surface area contributed by atoms with E-state index in [-0.39, 0.29) is 5.97 Å². The van der Waals surface area contributed by atoms with Crippen LogP contribution in [0.5, 0.6) is 0 Å². The molecule has 0 fully saturated rings. The first-order chi connectivity index (χ1) is 6.20. The van der Waals surface area contributed by atoms with Gasteiger partial charge in [-0.2, -0.15) is 0 Å². The first-order valence-electron chi connectivity index (χ1n) is 3.60. The van der Waals surface area contributed by atoms with Crippen molar-refractivity contribution >= 4 is 34.5 Å². The maximum atomic E-state index is 11.2. The van der Waals surface area contributed by atoms with Crippen molar-refractivity contribution in [3.63, 3.8) is 0 Å². The lowest BCUT2D eigenvalue weighted by molar-refractivity contribution is 0.0606. The third kappa shape index (κ3) is 2.11. The molecule has 13 heavy (non-hydrogen) atoms. The lowest BCUT2D eigenvalue weighted by Crippen LogP contribution is -2.01. The fraction of sp³-hybridized carbons (Fsp3) is 0.222. The molecule has 0 radical (unpaired) electrons. The summed E-state index contributed by atoms with van der Waals surface area (Å²) in [4.78, 5) is 11.8. The van der Waals surface area contributed by atoms with Crippen LogP contribution >= 0.6 is 22.9 Å². The van der Waals surface area contributed by atoms with Crippen molar-refractivity contribution in [3.05, 3.63) is 28.5 Å². The van der Waals surface area contributed by atoms with E-state index in [1.54, 1.807) is 0 Å². The van der Waals surface area contributed by atoms with Crippen LogP contribution in [0.3, 0.4) is 0 Å².